The second-order valence-corrected chi connectivity index (χ2v) is 4.39. The van der Waals surface area contributed by atoms with Crippen LogP contribution in [0.25, 0.3) is 10.9 Å². The summed E-state index contributed by atoms with van der Waals surface area (Å²) in [6.07, 6.45) is 2.18. The third-order valence-corrected chi connectivity index (χ3v) is 2.82. The van der Waals surface area contributed by atoms with Crippen molar-refractivity contribution in [3.63, 3.8) is 0 Å². The van der Waals surface area contributed by atoms with Crippen LogP contribution in [0.3, 0.4) is 0 Å². The molecule has 0 amide bonds. The summed E-state index contributed by atoms with van der Waals surface area (Å²) in [4.78, 5) is 0. The topological polar surface area (TPSA) is 30.9 Å². The summed E-state index contributed by atoms with van der Waals surface area (Å²) in [5.74, 6) is 0. The Hall–Kier alpha value is -1.28. The highest BCUT2D eigenvalue weighted by Crippen LogP contribution is 2.27. The van der Waals surface area contributed by atoms with Crippen molar-refractivity contribution in [3.05, 3.63) is 36.0 Å². The Kier molecular flexibility index (Phi) is 2.53. The van der Waals surface area contributed by atoms with Crippen molar-refractivity contribution < 1.29 is 0 Å². The van der Waals surface area contributed by atoms with Gasteiger partial charge in [-0.05, 0) is 32.4 Å². The number of nitrogens with zero attached hydrogens (tertiary/aromatic N) is 1. The highest BCUT2D eigenvalue weighted by atomic mass is 15.0. The zero-order valence-corrected chi connectivity index (χ0v) is 9.57. The quantitative estimate of drug-likeness (QED) is 0.796. The lowest BCUT2D eigenvalue weighted by Gasteiger charge is -2.08. The monoisotopic (exact) mass is 202 g/mol. The summed E-state index contributed by atoms with van der Waals surface area (Å²) in [6, 6.07) is 9.01. The molecule has 1 atom stereocenters. The van der Waals surface area contributed by atoms with E-state index in [4.69, 9.17) is 5.73 Å². The van der Waals surface area contributed by atoms with Crippen molar-refractivity contribution >= 4 is 10.9 Å². The lowest BCUT2D eigenvalue weighted by molar-refractivity contribution is 0.618. The number of rotatable bonds is 2. The van der Waals surface area contributed by atoms with Gasteiger partial charge in [0.15, 0.2) is 0 Å². The number of aromatic nitrogens is 1. The molecule has 0 radical (unpaired) electrons. The number of fused-ring (bicyclic) bond motifs is 1. The van der Waals surface area contributed by atoms with E-state index in [9.17, 15) is 0 Å². The minimum atomic E-state index is 0.0925. The second kappa shape index (κ2) is 3.70. The Labute approximate surface area is 90.7 Å². The van der Waals surface area contributed by atoms with Gasteiger partial charge >= 0.3 is 0 Å². The first-order valence-corrected chi connectivity index (χ1v) is 5.46. The van der Waals surface area contributed by atoms with E-state index in [1.165, 1.54) is 16.5 Å². The van der Waals surface area contributed by atoms with Crippen LogP contribution in [0.5, 0.6) is 0 Å². The van der Waals surface area contributed by atoms with E-state index in [1.807, 2.05) is 6.92 Å². The highest BCUT2D eigenvalue weighted by molar-refractivity contribution is 5.84. The highest BCUT2D eigenvalue weighted by Gasteiger charge is 2.11. The zero-order valence-electron chi connectivity index (χ0n) is 9.57. The molecule has 1 unspecified atom stereocenters. The minimum Gasteiger partial charge on any atom is -0.345 e. The number of hydrogen-bond acceptors (Lipinski definition) is 1. The molecule has 0 aliphatic carbocycles. The number of para-hydroxylation sites is 1. The molecule has 2 rings (SSSR count). The predicted octanol–water partition coefficient (Wildman–Crippen LogP) is 3.24. The SMILES string of the molecule is CC(N)c1cn(C(C)C)c2ccccc12. The van der Waals surface area contributed by atoms with E-state index in [2.05, 4.69) is 48.9 Å². The molecule has 1 heterocycles. The van der Waals surface area contributed by atoms with Crippen molar-refractivity contribution in [2.24, 2.45) is 5.73 Å². The van der Waals surface area contributed by atoms with Crippen LogP contribution in [0.2, 0.25) is 0 Å². The van der Waals surface area contributed by atoms with Crippen molar-refractivity contribution in [1.82, 2.24) is 4.57 Å². The molecule has 2 nitrogen and oxygen atoms in total. The molecule has 0 spiro atoms. The summed E-state index contributed by atoms with van der Waals surface area (Å²) in [5, 5.41) is 1.28. The molecule has 2 aromatic rings. The molecular formula is C13H18N2. The molecule has 0 bridgehead atoms. The first-order chi connectivity index (χ1) is 7.11. The van der Waals surface area contributed by atoms with E-state index in [0.29, 0.717) is 6.04 Å². The Balaban J connectivity index is 2.73. The Morgan fingerprint density at radius 3 is 2.40 bits per heavy atom. The lowest BCUT2D eigenvalue weighted by atomic mass is 10.1. The van der Waals surface area contributed by atoms with Crippen LogP contribution in [0.1, 0.15) is 38.4 Å². The predicted molar refractivity (Wildman–Crippen MR) is 64.9 cm³/mol. The molecule has 0 aliphatic heterocycles. The summed E-state index contributed by atoms with van der Waals surface area (Å²) >= 11 is 0. The summed E-state index contributed by atoms with van der Waals surface area (Å²) < 4.78 is 2.29. The Bertz CT molecular complexity index is 424. The van der Waals surface area contributed by atoms with Gasteiger partial charge in [0.05, 0.1) is 0 Å². The molecule has 2 N–H and O–H groups in total. The van der Waals surface area contributed by atoms with Gasteiger partial charge in [0, 0.05) is 29.2 Å². The minimum absolute atomic E-state index is 0.0925. The van der Waals surface area contributed by atoms with E-state index < -0.39 is 0 Å². The van der Waals surface area contributed by atoms with Crippen molar-refractivity contribution in [3.8, 4) is 0 Å². The lowest BCUT2D eigenvalue weighted by Crippen LogP contribution is -2.04. The van der Waals surface area contributed by atoms with Crippen LogP contribution >= 0.6 is 0 Å². The van der Waals surface area contributed by atoms with Crippen molar-refractivity contribution in [2.75, 3.05) is 0 Å². The van der Waals surface area contributed by atoms with Crippen molar-refractivity contribution in [2.45, 2.75) is 32.9 Å². The van der Waals surface area contributed by atoms with E-state index >= 15 is 0 Å². The summed E-state index contributed by atoms with van der Waals surface area (Å²) in [7, 11) is 0. The van der Waals surface area contributed by atoms with Gasteiger partial charge in [-0.1, -0.05) is 18.2 Å². The smallest absolute Gasteiger partial charge is 0.0486 e. The molecule has 2 heteroatoms. The van der Waals surface area contributed by atoms with E-state index in [-0.39, 0.29) is 6.04 Å². The molecule has 0 aliphatic rings. The molecule has 15 heavy (non-hydrogen) atoms. The molecular weight excluding hydrogens is 184 g/mol. The Morgan fingerprint density at radius 1 is 1.13 bits per heavy atom. The van der Waals surface area contributed by atoms with Gasteiger partial charge in [-0.2, -0.15) is 0 Å². The van der Waals surface area contributed by atoms with Crippen molar-refractivity contribution in [1.29, 1.82) is 0 Å². The zero-order chi connectivity index (χ0) is 11.0. The molecule has 0 saturated heterocycles. The van der Waals surface area contributed by atoms with Crippen LogP contribution in [0, 0.1) is 0 Å². The van der Waals surface area contributed by atoms with E-state index in [1.54, 1.807) is 0 Å². The van der Waals surface area contributed by atoms with Crippen LogP contribution in [-0.4, -0.2) is 4.57 Å². The van der Waals surface area contributed by atoms with Gasteiger partial charge in [0.2, 0.25) is 0 Å². The van der Waals surface area contributed by atoms with Crippen LogP contribution < -0.4 is 5.73 Å². The summed E-state index contributed by atoms with van der Waals surface area (Å²) in [5.41, 5.74) is 8.49. The fraction of sp³-hybridized carbons (Fsp3) is 0.385. The third-order valence-electron chi connectivity index (χ3n) is 2.82. The first kappa shape index (κ1) is 10.2. The molecule has 1 aromatic heterocycles. The maximum Gasteiger partial charge on any atom is 0.0486 e. The maximum atomic E-state index is 5.98. The number of nitrogens with two attached hydrogens (primary N) is 1. The fourth-order valence-corrected chi connectivity index (χ4v) is 2.02. The average molecular weight is 202 g/mol. The van der Waals surface area contributed by atoms with Crippen LogP contribution in [0.15, 0.2) is 30.5 Å². The van der Waals surface area contributed by atoms with Crippen LogP contribution in [-0.2, 0) is 0 Å². The van der Waals surface area contributed by atoms with Gasteiger partial charge < -0.3 is 10.3 Å². The molecule has 1 aromatic carbocycles. The Morgan fingerprint density at radius 2 is 1.80 bits per heavy atom. The van der Waals surface area contributed by atoms with Gasteiger partial charge in [0.1, 0.15) is 0 Å². The fourth-order valence-electron chi connectivity index (χ4n) is 2.02. The number of hydrogen-bond donors (Lipinski definition) is 1. The molecule has 0 saturated carbocycles. The van der Waals surface area contributed by atoms with E-state index in [0.717, 1.165) is 0 Å². The van der Waals surface area contributed by atoms with Gasteiger partial charge in [-0.25, -0.2) is 0 Å². The normalized spacial score (nSPS) is 13.7. The van der Waals surface area contributed by atoms with Crippen LogP contribution in [0.4, 0.5) is 0 Å². The van der Waals surface area contributed by atoms with Gasteiger partial charge in [-0.3, -0.25) is 0 Å². The molecule has 80 valence electrons. The second-order valence-electron chi connectivity index (χ2n) is 4.39. The maximum absolute atomic E-state index is 5.98. The third kappa shape index (κ3) is 1.65. The van der Waals surface area contributed by atoms with Gasteiger partial charge in [-0.15, -0.1) is 0 Å². The van der Waals surface area contributed by atoms with Gasteiger partial charge in [0.25, 0.3) is 0 Å². The average Bonchev–Trinajstić information content (AvgIpc) is 2.56. The summed E-state index contributed by atoms with van der Waals surface area (Å²) in [6.45, 7) is 6.42. The largest absolute Gasteiger partial charge is 0.345 e. The standard InChI is InChI=1S/C13H18N2/c1-9(2)15-8-12(10(3)14)11-6-4-5-7-13(11)15/h4-10H,14H2,1-3H3. The number of benzene rings is 1. The molecule has 0 fully saturated rings. The first-order valence-electron chi connectivity index (χ1n) is 5.46.